The van der Waals surface area contributed by atoms with Crippen LogP contribution in [0.15, 0.2) is 18.2 Å². The quantitative estimate of drug-likeness (QED) is 0.862. The molecule has 2 heteroatoms. The number of aryl methyl sites for hydroxylation is 2. The van der Waals surface area contributed by atoms with Gasteiger partial charge in [0.05, 0.1) is 0 Å². The maximum atomic E-state index is 6.10. The number of ether oxygens (including phenoxy) is 1. The lowest BCUT2D eigenvalue weighted by molar-refractivity contribution is 0.205. The molecule has 0 aromatic heterocycles. The van der Waals surface area contributed by atoms with Crippen LogP contribution in [-0.2, 0) is 0 Å². The third kappa shape index (κ3) is 3.22. The molecule has 94 valence electrons. The molecule has 0 spiro atoms. The zero-order valence-corrected chi connectivity index (χ0v) is 11.1. The van der Waals surface area contributed by atoms with E-state index in [2.05, 4.69) is 44.3 Å². The molecule has 1 aliphatic rings. The minimum Gasteiger partial charge on any atom is -0.490 e. The summed E-state index contributed by atoms with van der Waals surface area (Å²) >= 11 is 0. The van der Waals surface area contributed by atoms with E-state index in [1.165, 1.54) is 24.0 Å². The van der Waals surface area contributed by atoms with Crippen LogP contribution in [0.4, 0.5) is 0 Å². The molecular weight excluding hydrogens is 210 g/mol. The van der Waals surface area contributed by atoms with Gasteiger partial charge in [0, 0.05) is 6.04 Å². The Kier molecular flexibility index (Phi) is 4.06. The van der Waals surface area contributed by atoms with Crippen molar-refractivity contribution in [2.24, 2.45) is 0 Å². The van der Waals surface area contributed by atoms with E-state index in [0.717, 1.165) is 18.7 Å². The van der Waals surface area contributed by atoms with Crippen molar-refractivity contribution in [3.05, 3.63) is 29.3 Å². The van der Waals surface area contributed by atoms with Crippen LogP contribution in [0.3, 0.4) is 0 Å². The summed E-state index contributed by atoms with van der Waals surface area (Å²) < 4.78 is 6.10. The summed E-state index contributed by atoms with van der Waals surface area (Å²) in [4.78, 5) is 0. The third-order valence-corrected chi connectivity index (χ3v) is 3.50. The molecule has 0 aliphatic heterocycles. The molecule has 0 saturated heterocycles. The highest BCUT2D eigenvalue weighted by Crippen LogP contribution is 2.27. The summed E-state index contributed by atoms with van der Waals surface area (Å²) in [6.07, 6.45) is 3.94. The van der Waals surface area contributed by atoms with Gasteiger partial charge in [-0.25, -0.2) is 0 Å². The molecule has 17 heavy (non-hydrogen) atoms. The summed E-state index contributed by atoms with van der Waals surface area (Å²) in [6, 6.07) is 7.06. The van der Waals surface area contributed by atoms with Crippen molar-refractivity contribution in [3.63, 3.8) is 0 Å². The second-order valence-corrected chi connectivity index (χ2v) is 5.08. The molecule has 0 radical (unpaired) electrons. The molecule has 1 N–H and O–H groups in total. The van der Waals surface area contributed by atoms with Gasteiger partial charge in [0.2, 0.25) is 0 Å². The average molecular weight is 233 g/mol. The van der Waals surface area contributed by atoms with Gasteiger partial charge in [-0.2, -0.15) is 0 Å². The Bertz CT molecular complexity index is 375. The van der Waals surface area contributed by atoms with E-state index >= 15 is 0 Å². The van der Waals surface area contributed by atoms with Crippen LogP contribution in [0, 0.1) is 13.8 Å². The molecular formula is C15H23NO. The van der Waals surface area contributed by atoms with Crippen LogP contribution >= 0.6 is 0 Å². The first-order valence-corrected chi connectivity index (χ1v) is 6.66. The van der Waals surface area contributed by atoms with Gasteiger partial charge in [0.25, 0.3) is 0 Å². The van der Waals surface area contributed by atoms with Crippen molar-refractivity contribution >= 4 is 0 Å². The van der Waals surface area contributed by atoms with Gasteiger partial charge < -0.3 is 10.1 Å². The molecule has 0 amide bonds. The predicted molar refractivity (Wildman–Crippen MR) is 71.6 cm³/mol. The average Bonchev–Trinajstić information content (AvgIpc) is 2.71. The molecule has 0 bridgehead atoms. The molecule has 2 nitrogen and oxygen atoms in total. The first-order chi connectivity index (χ1) is 8.19. The van der Waals surface area contributed by atoms with Crippen LogP contribution in [-0.4, -0.2) is 18.7 Å². The Balaban J connectivity index is 1.93. The molecule has 0 heterocycles. The molecule has 1 aromatic carbocycles. The van der Waals surface area contributed by atoms with Gasteiger partial charge in [-0.05, 0) is 51.3 Å². The first-order valence-electron chi connectivity index (χ1n) is 6.66. The summed E-state index contributed by atoms with van der Waals surface area (Å²) in [5.41, 5.74) is 2.55. The van der Waals surface area contributed by atoms with Crippen molar-refractivity contribution in [2.45, 2.75) is 52.2 Å². The first kappa shape index (κ1) is 12.4. The molecule has 2 rings (SSSR count). The normalized spacial score (nSPS) is 23.9. The number of rotatable bonds is 4. The highest BCUT2D eigenvalue weighted by molar-refractivity contribution is 5.35. The summed E-state index contributed by atoms with van der Waals surface area (Å²) in [7, 11) is 0. The zero-order chi connectivity index (χ0) is 12.3. The van der Waals surface area contributed by atoms with Gasteiger partial charge in [0.1, 0.15) is 11.9 Å². The van der Waals surface area contributed by atoms with Crippen molar-refractivity contribution < 1.29 is 4.74 Å². The second kappa shape index (κ2) is 5.54. The van der Waals surface area contributed by atoms with Crippen molar-refractivity contribution in [3.8, 4) is 5.75 Å². The van der Waals surface area contributed by atoms with Crippen LogP contribution in [0.25, 0.3) is 0 Å². The van der Waals surface area contributed by atoms with E-state index in [1.54, 1.807) is 0 Å². The van der Waals surface area contributed by atoms with E-state index in [0.29, 0.717) is 12.1 Å². The van der Waals surface area contributed by atoms with Gasteiger partial charge in [-0.15, -0.1) is 0 Å². The molecule has 1 aliphatic carbocycles. The Hall–Kier alpha value is -1.02. The number of nitrogens with one attached hydrogen (secondary N) is 1. The van der Waals surface area contributed by atoms with E-state index in [4.69, 9.17) is 4.74 Å². The van der Waals surface area contributed by atoms with Crippen molar-refractivity contribution in [2.75, 3.05) is 6.54 Å². The molecule has 2 unspecified atom stereocenters. The van der Waals surface area contributed by atoms with E-state index in [-0.39, 0.29) is 0 Å². The number of hydrogen-bond acceptors (Lipinski definition) is 2. The topological polar surface area (TPSA) is 21.3 Å². The van der Waals surface area contributed by atoms with Gasteiger partial charge in [-0.1, -0.05) is 24.6 Å². The summed E-state index contributed by atoms with van der Waals surface area (Å²) in [5.74, 6) is 1.05. The minimum absolute atomic E-state index is 0.389. The Labute approximate surface area is 104 Å². The van der Waals surface area contributed by atoms with Gasteiger partial charge >= 0.3 is 0 Å². The lowest BCUT2D eigenvalue weighted by atomic mass is 10.1. The van der Waals surface area contributed by atoms with Gasteiger partial charge in [0.15, 0.2) is 0 Å². The lowest BCUT2D eigenvalue weighted by Crippen LogP contribution is -2.27. The smallest absolute Gasteiger partial charge is 0.122 e. The molecule has 1 aromatic rings. The van der Waals surface area contributed by atoms with Gasteiger partial charge in [-0.3, -0.25) is 0 Å². The van der Waals surface area contributed by atoms with E-state index < -0.39 is 0 Å². The van der Waals surface area contributed by atoms with Crippen LogP contribution < -0.4 is 10.1 Å². The maximum absolute atomic E-state index is 6.10. The molecule has 1 fully saturated rings. The minimum atomic E-state index is 0.389. The fourth-order valence-electron chi connectivity index (χ4n) is 2.63. The highest BCUT2D eigenvalue weighted by Gasteiger charge is 2.25. The standard InChI is InChI=1S/C15H23NO/c1-4-16-13-6-7-14(10-13)17-15-8-5-11(2)9-12(15)3/h5,8-9,13-14,16H,4,6-7,10H2,1-3H3. The number of benzene rings is 1. The van der Waals surface area contributed by atoms with Crippen LogP contribution in [0.5, 0.6) is 5.75 Å². The lowest BCUT2D eigenvalue weighted by Gasteiger charge is -2.16. The van der Waals surface area contributed by atoms with E-state index in [1.807, 2.05) is 0 Å². The Morgan fingerprint density at radius 2 is 2.12 bits per heavy atom. The monoisotopic (exact) mass is 233 g/mol. The highest BCUT2D eigenvalue weighted by atomic mass is 16.5. The van der Waals surface area contributed by atoms with Crippen LogP contribution in [0.2, 0.25) is 0 Å². The Morgan fingerprint density at radius 1 is 1.29 bits per heavy atom. The SMILES string of the molecule is CCNC1CCC(Oc2ccc(C)cc2C)C1. The fraction of sp³-hybridized carbons (Fsp3) is 0.600. The molecule has 1 saturated carbocycles. The van der Waals surface area contributed by atoms with Crippen molar-refractivity contribution in [1.29, 1.82) is 0 Å². The number of hydrogen-bond donors (Lipinski definition) is 1. The largest absolute Gasteiger partial charge is 0.490 e. The summed E-state index contributed by atoms with van der Waals surface area (Å²) in [6.45, 7) is 7.46. The second-order valence-electron chi connectivity index (χ2n) is 5.08. The van der Waals surface area contributed by atoms with E-state index in [9.17, 15) is 0 Å². The fourth-order valence-corrected chi connectivity index (χ4v) is 2.63. The maximum Gasteiger partial charge on any atom is 0.122 e. The summed E-state index contributed by atoms with van der Waals surface area (Å²) in [5, 5.41) is 3.50. The molecule has 2 atom stereocenters. The Morgan fingerprint density at radius 3 is 2.82 bits per heavy atom. The van der Waals surface area contributed by atoms with Crippen molar-refractivity contribution in [1.82, 2.24) is 5.32 Å². The zero-order valence-electron chi connectivity index (χ0n) is 11.1. The van der Waals surface area contributed by atoms with Crippen LogP contribution in [0.1, 0.15) is 37.3 Å². The third-order valence-electron chi connectivity index (χ3n) is 3.50. The predicted octanol–water partition coefficient (Wildman–Crippen LogP) is 3.21.